The Balaban J connectivity index is 2.39. The summed E-state index contributed by atoms with van der Waals surface area (Å²) in [6.07, 6.45) is 1.33. The lowest BCUT2D eigenvalue weighted by molar-refractivity contribution is -0.388. The zero-order chi connectivity index (χ0) is 15.4. The molecule has 0 saturated heterocycles. The van der Waals surface area contributed by atoms with E-state index in [0.717, 1.165) is 10.5 Å². The molecule has 0 radical (unpaired) electrons. The van der Waals surface area contributed by atoms with Crippen molar-refractivity contribution in [3.8, 4) is 0 Å². The summed E-state index contributed by atoms with van der Waals surface area (Å²) in [7, 11) is 0. The van der Waals surface area contributed by atoms with Crippen LogP contribution in [0.1, 0.15) is 11.1 Å². The molecule has 0 bridgehead atoms. The topological polar surface area (TPSA) is 115 Å². The summed E-state index contributed by atoms with van der Waals surface area (Å²) in [5.74, 6) is -0.225. The van der Waals surface area contributed by atoms with Crippen molar-refractivity contribution in [2.24, 2.45) is 10.9 Å². The molecule has 0 amide bonds. The van der Waals surface area contributed by atoms with Gasteiger partial charge in [0.2, 0.25) is 0 Å². The van der Waals surface area contributed by atoms with Gasteiger partial charge in [-0.1, -0.05) is 34.6 Å². The molecule has 1 aromatic carbocycles. The van der Waals surface area contributed by atoms with Crippen molar-refractivity contribution in [3.05, 3.63) is 57.8 Å². The Bertz CT molecular complexity index is 701. The number of hydrogen-bond donors (Lipinski definition) is 2. The van der Waals surface area contributed by atoms with Crippen molar-refractivity contribution >= 4 is 23.3 Å². The quantitative estimate of drug-likeness (QED) is 0.295. The van der Waals surface area contributed by atoms with Crippen LogP contribution in [0.15, 0.2) is 51.6 Å². The number of aryl methyl sites for hydroxylation is 1. The van der Waals surface area contributed by atoms with Crippen LogP contribution in [0.2, 0.25) is 0 Å². The minimum Gasteiger partial charge on any atom is -0.409 e. The standard InChI is InChI=1S/C13H12N4O3S/c1-8-2-4-10(5-3-8)21-13-11(17(19)20)6-9(7-15-13)12(14)16-18/h2-7,18H,1H3,(H2,14,16). The van der Waals surface area contributed by atoms with Crippen molar-refractivity contribution in [2.45, 2.75) is 16.8 Å². The third kappa shape index (κ3) is 3.48. The number of aromatic nitrogens is 1. The largest absolute Gasteiger partial charge is 0.409 e. The highest BCUT2D eigenvalue weighted by molar-refractivity contribution is 7.99. The summed E-state index contributed by atoms with van der Waals surface area (Å²) in [4.78, 5) is 15.5. The summed E-state index contributed by atoms with van der Waals surface area (Å²) >= 11 is 1.18. The van der Waals surface area contributed by atoms with Crippen molar-refractivity contribution in [1.82, 2.24) is 4.98 Å². The van der Waals surface area contributed by atoms with Gasteiger partial charge in [-0.15, -0.1) is 0 Å². The third-order valence-corrected chi connectivity index (χ3v) is 3.68. The van der Waals surface area contributed by atoms with Gasteiger partial charge in [-0.3, -0.25) is 10.1 Å². The zero-order valence-corrected chi connectivity index (χ0v) is 11.9. The molecule has 0 unspecified atom stereocenters. The first-order chi connectivity index (χ1) is 10.0. The zero-order valence-electron chi connectivity index (χ0n) is 11.1. The highest BCUT2D eigenvalue weighted by Crippen LogP contribution is 2.33. The number of pyridine rings is 1. The van der Waals surface area contributed by atoms with Gasteiger partial charge in [-0.25, -0.2) is 4.98 Å². The van der Waals surface area contributed by atoms with E-state index < -0.39 is 4.92 Å². The third-order valence-electron chi connectivity index (χ3n) is 2.67. The fraction of sp³-hybridized carbons (Fsp3) is 0.0769. The normalized spacial score (nSPS) is 11.4. The Morgan fingerprint density at radius 2 is 2.10 bits per heavy atom. The minimum atomic E-state index is -0.544. The van der Waals surface area contributed by atoms with Gasteiger partial charge >= 0.3 is 5.69 Å². The minimum absolute atomic E-state index is 0.190. The number of benzene rings is 1. The molecule has 1 aromatic heterocycles. The van der Waals surface area contributed by atoms with Gasteiger partial charge in [0.25, 0.3) is 0 Å². The van der Waals surface area contributed by atoms with Crippen LogP contribution in [-0.2, 0) is 0 Å². The van der Waals surface area contributed by atoms with Crippen molar-refractivity contribution in [1.29, 1.82) is 0 Å². The summed E-state index contributed by atoms with van der Waals surface area (Å²) in [6.45, 7) is 1.96. The van der Waals surface area contributed by atoms with Crippen molar-refractivity contribution in [2.75, 3.05) is 0 Å². The molecule has 0 fully saturated rings. The molecule has 21 heavy (non-hydrogen) atoms. The van der Waals surface area contributed by atoms with Gasteiger partial charge in [0.05, 0.1) is 4.92 Å². The number of amidine groups is 1. The molecular formula is C13H12N4O3S. The highest BCUT2D eigenvalue weighted by Gasteiger charge is 2.18. The molecule has 2 rings (SSSR count). The fourth-order valence-electron chi connectivity index (χ4n) is 1.57. The second-order valence-corrected chi connectivity index (χ2v) is 5.27. The molecular weight excluding hydrogens is 292 g/mol. The second-order valence-electron chi connectivity index (χ2n) is 4.21. The van der Waals surface area contributed by atoms with Gasteiger partial charge in [0.15, 0.2) is 10.9 Å². The molecule has 0 aliphatic heterocycles. The molecule has 0 spiro atoms. The summed E-state index contributed by atoms with van der Waals surface area (Å²) in [5.41, 5.74) is 6.52. The lowest BCUT2D eigenvalue weighted by atomic mass is 10.2. The monoisotopic (exact) mass is 304 g/mol. The van der Waals surface area contributed by atoms with Gasteiger partial charge in [0, 0.05) is 22.7 Å². The van der Waals surface area contributed by atoms with E-state index in [1.165, 1.54) is 24.0 Å². The van der Waals surface area contributed by atoms with Crippen LogP contribution >= 0.6 is 11.8 Å². The Morgan fingerprint density at radius 1 is 1.43 bits per heavy atom. The number of nitro groups is 1. The molecule has 2 aromatic rings. The molecule has 0 aliphatic rings. The average Bonchev–Trinajstić information content (AvgIpc) is 2.49. The van der Waals surface area contributed by atoms with E-state index in [-0.39, 0.29) is 22.1 Å². The van der Waals surface area contributed by atoms with Gasteiger partial charge in [-0.2, -0.15) is 0 Å². The van der Waals surface area contributed by atoms with Gasteiger partial charge in [-0.05, 0) is 19.1 Å². The lowest BCUT2D eigenvalue weighted by Gasteiger charge is -2.04. The van der Waals surface area contributed by atoms with E-state index in [2.05, 4.69) is 10.1 Å². The lowest BCUT2D eigenvalue weighted by Crippen LogP contribution is -2.14. The van der Waals surface area contributed by atoms with Crippen LogP contribution in [-0.4, -0.2) is 21.0 Å². The van der Waals surface area contributed by atoms with Crippen LogP contribution in [0.5, 0.6) is 0 Å². The van der Waals surface area contributed by atoms with E-state index in [1.807, 2.05) is 31.2 Å². The van der Waals surface area contributed by atoms with Gasteiger partial charge in [0.1, 0.15) is 0 Å². The first-order valence-electron chi connectivity index (χ1n) is 5.88. The predicted octanol–water partition coefficient (Wildman–Crippen LogP) is 2.54. The molecule has 0 saturated carbocycles. The number of rotatable bonds is 4. The smallest absolute Gasteiger partial charge is 0.302 e. The summed E-state index contributed by atoms with van der Waals surface area (Å²) in [6, 6.07) is 8.79. The predicted molar refractivity (Wildman–Crippen MR) is 78.7 cm³/mol. The van der Waals surface area contributed by atoms with Crippen LogP contribution in [0, 0.1) is 17.0 Å². The van der Waals surface area contributed by atoms with Crippen molar-refractivity contribution < 1.29 is 10.1 Å². The molecule has 0 atom stereocenters. The maximum Gasteiger partial charge on any atom is 0.302 e. The van der Waals surface area contributed by atoms with Crippen molar-refractivity contribution in [3.63, 3.8) is 0 Å². The number of hydrogen-bond acceptors (Lipinski definition) is 6. The summed E-state index contributed by atoms with van der Waals surface area (Å²) in [5, 5.41) is 22.8. The fourth-order valence-corrected chi connectivity index (χ4v) is 2.40. The molecule has 1 heterocycles. The van der Waals surface area contributed by atoms with Gasteiger partial charge < -0.3 is 10.9 Å². The van der Waals surface area contributed by atoms with E-state index in [0.29, 0.717) is 0 Å². The van der Waals surface area contributed by atoms with E-state index in [1.54, 1.807) is 0 Å². The molecule has 3 N–H and O–H groups in total. The van der Waals surface area contributed by atoms with E-state index in [9.17, 15) is 10.1 Å². The molecule has 0 aliphatic carbocycles. The number of oxime groups is 1. The van der Waals surface area contributed by atoms with Crippen LogP contribution in [0.25, 0.3) is 0 Å². The molecule has 108 valence electrons. The Hall–Kier alpha value is -2.61. The summed E-state index contributed by atoms with van der Waals surface area (Å²) < 4.78 is 0. The van der Waals surface area contributed by atoms with Crippen LogP contribution < -0.4 is 5.73 Å². The van der Waals surface area contributed by atoms with Crippen LogP contribution in [0.4, 0.5) is 5.69 Å². The highest BCUT2D eigenvalue weighted by atomic mass is 32.2. The van der Waals surface area contributed by atoms with Crippen LogP contribution in [0.3, 0.4) is 0 Å². The van der Waals surface area contributed by atoms with E-state index in [4.69, 9.17) is 10.9 Å². The number of nitrogens with two attached hydrogens (primary N) is 1. The SMILES string of the molecule is Cc1ccc(Sc2ncc(/C(N)=N/O)cc2[N+](=O)[O-])cc1. The first-order valence-corrected chi connectivity index (χ1v) is 6.69. The van der Waals surface area contributed by atoms with E-state index >= 15 is 0 Å². The molecule has 8 heteroatoms. The maximum atomic E-state index is 11.1. The first kappa shape index (κ1) is 14.8. The Kier molecular flexibility index (Phi) is 4.39. The Labute approximate surface area is 124 Å². The Morgan fingerprint density at radius 3 is 2.67 bits per heavy atom. The number of nitrogens with zero attached hydrogens (tertiary/aromatic N) is 3. The maximum absolute atomic E-state index is 11.1. The molecule has 7 nitrogen and oxygen atoms in total. The average molecular weight is 304 g/mol. The second kappa shape index (κ2) is 6.23.